The van der Waals surface area contributed by atoms with Gasteiger partial charge in [0.25, 0.3) is 5.89 Å². The highest BCUT2D eigenvalue weighted by molar-refractivity contribution is 5.92. The molecule has 2 unspecified atom stereocenters. The van der Waals surface area contributed by atoms with E-state index in [1.807, 2.05) is 11.8 Å². The van der Waals surface area contributed by atoms with Crippen LogP contribution in [-0.4, -0.2) is 33.5 Å². The smallest absolute Gasteiger partial charge is 0.334 e. The van der Waals surface area contributed by atoms with Crippen molar-refractivity contribution in [2.24, 2.45) is 5.92 Å². The van der Waals surface area contributed by atoms with E-state index in [4.69, 9.17) is 4.52 Å². The van der Waals surface area contributed by atoms with Gasteiger partial charge in [-0.05, 0) is 62.2 Å². The highest BCUT2D eigenvalue weighted by Crippen LogP contribution is 2.35. The van der Waals surface area contributed by atoms with Gasteiger partial charge in [-0.2, -0.15) is 31.3 Å². The molecule has 0 spiro atoms. The fourth-order valence-electron chi connectivity index (χ4n) is 4.48. The largest absolute Gasteiger partial charge is 0.419 e. The minimum atomic E-state index is -4.88. The molecule has 1 aromatic heterocycles. The quantitative estimate of drug-likeness (QED) is 0.357. The Morgan fingerprint density at radius 3 is 2.55 bits per heavy atom. The number of likely N-dealkylation sites (tertiary alicyclic amines) is 1. The van der Waals surface area contributed by atoms with Gasteiger partial charge in [0.1, 0.15) is 5.82 Å². The van der Waals surface area contributed by atoms with Gasteiger partial charge in [-0.3, -0.25) is 9.69 Å². The molecule has 13 heteroatoms. The summed E-state index contributed by atoms with van der Waals surface area (Å²) >= 11 is 0. The van der Waals surface area contributed by atoms with Crippen LogP contribution in [0.4, 0.5) is 36.4 Å². The lowest BCUT2D eigenvalue weighted by Gasteiger charge is -2.38. The fourth-order valence-corrected chi connectivity index (χ4v) is 4.48. The van der Waals surface area contributed by atoms with E-state index in [1.165, 1.54) is 12.1 Å². The van der Waals surface area contributed by atoms with E-state index < -0.39 is 35.2 Å². The summed E-state index contributed by atoms with van der Waals surface area (Å²) in [5.74, 6) is -2.18. The number of benzene rings is 2. The first-order valence-corrected chi connectivity index (χ1v) is 11.8. The van der Waals surface area contributed by atoms with E-state index in [2.05, 4.69) is 15.5 Å². The van der Waals surface area contributed by atoms with Crippen LogP contribution in [0.3, 0.4) is 0 Å². The summed E-state index contributed by atoms with van der Waals surface area (Å²) in [6.07, 6.45) is -7.87. The number of halogens is 7. The van der Waals surface area contributed by atoms with E-state index in [9.17, 15) is 35.5 Å². The second-order valence-corrected chi connectivity index (χ2v) is 9.03. The second kappa shape index (κ2) is 10.7. The Labute approximate surface area is 212 Å². The zero-order valence-corrected chi connectivity index (χ0v) is 20.0. The molecule has 204 valence electrons. The van der Waals surface area contributed by atoms with Crippen molar-refractivity contribution in [2.45, 2.75) is 51.1 Å². The molecule has 3 aromatic rings. The van der Waals surface area contributed by atoms with Gasteiger partial charge in [0.2, 0.25) is 5.91 Å². The Balaban J connectivity index is 1.40. The normalized spacial score (nSPS) is 18.9. The van der Waals surface area contributed by atoms with Crippen molar-refractivity contribution in [1.29, 1.82) is 0 Å². The summed E-state index contributed by atoms with van der Waals surface area (Å²) < 4.78 is 96.7. The van der Waals surface area contributed by atoms with E-state index in [0.29, 0.717) is 37.9 Å². The number of nitrogens with one attached hydrogen (secondary N) is 1. The molecular weight excluding hydrogens is 521 g/mol. The first kappa shape index (κ1) is 27.6. The number of carbonyl (C=O) groups excluding carboxylic acids is 1. The number of carbonyl (C=O) groups is 1. The first-order chi connectivity index (χ1) is 17.8. The molecule has 2 aromatic carbocycles. The maximum atomic E-state index is 13.6. The van der Waals surface area contributed by atoms with Crippen LogP contribution in [0.25, 0.3) is 11.5 Å². The van der Waals surface area contributed by atoms with Crippen LogP contribution in [0.5, 0.6) is 0 Å². The molecule has 1 saturated heterocycles. The second-order valence-electron chi connectivity index (χ2n) is 9.03. The number of piperidine rings is 1. The number of aromatic nitrogens is 2. The summed E-state index contributed by atoms with van der Waals surface area (Å²) in [5, 5.41) is 6.40. The van der Waals surface area contributed by atoms with E-state index in [0.717, 1.165) is 18.2 Å². The molecule has 38 heavy (non-hydrogen) atoms. The third kappa shape index (κ3) is 6.32. The Hall–Kier alpha value is -3.48. The number of hydrogen-bond donors (Lipinski definition) is 1. The van der Waals surface area contributed by atoms with Gasteiger partial charge >= 0.3 is 12.4 Å². The standard InChI is InChI=1S/C25H23F7N4O2/c1-2-18-10-14(22(37)33-17-5-3-4-16(12-17)24(27,28)29)8-9-36(18)13-21-34-23(38-35-21)15-6-7-20(26)19(11-15)25(30,31)32/h3-7,11-12,14,18H,2,8-10,13H2,1H3,(H,33,37). The van der Waals surface area contributed by atoms with E-state index in [1.54, 1.807) is 0 Å². The van der Waals surface area contributed by atoms with Gasteiger partial charge in [0.15, 0.2) is 5.82 Å². The topological polar surface area (TPSA) is 71.3 Å². The third-order valence-electron chi connectivity index (χ3n) is 6.47. The van der Waals surface area contributed by atoms with Crippen LogP contribution in [-0.2, 0) is 23.7 Å². The molecule has 0 bridgehead atoms. The van der Waals surface area contributed by atoms with Crippen LogP contribution in [0, 0.1) is 11.7 Å². The van der Waals surface area contributed by atoms with Gasteiger partial charge in [-0.25, -0.2) is 4.39 Å². The molecule has 0 aliphatic carbocycles. The summed E-state index contributed by atoms with van der Waals surface area (Å²) in [4.78, 5) is 18.9. The molecular formula is C25H23F7N4O2. The van der Waals surface area contributed by atoms with Crippen LogP contribution >= 0.6 is 0 Å². The number of alkyl halides is 6. The molecule has 6 nitrogen and oxygen atoms in total. The van der Waals surface area contributed by atoms with E-state index in [-0.39, 0.29) is 41.5 Å². The monoisotopic (exact) mass is 544 g/mol. The molecule has 1 aliphatic heterocycles. The van der Waals surface area contributed by atoms with Gasteiger partial charge in [0, 0.05) is 23.2 Å². The number of rotatable bonds is 6. The average molecular weight is 544 g/mol. The highest BCUT2D eigenvalue weighted by Gasteiger charge is 2.36. The van der Waals surface area contributed by atoms with Crippen LogP contribution < -0.4 is 5.32 Å². The number of anilines is 1. The molecule has 1 fully saturated rings. The number of amides is 1. The molecule has 2 atom stereocenters. The number of hydrogen-bond acceptors (Lipinski definition) is 5. The summed E-state index contributed by atoms with van der Waals surface area (Å²) in [5.41, 5.74) is -2.30. The predicted molar refractivity (Wildman–Crippen MR) is 122 cm³/mol. The lowest BCUT2D eigenvalue weighted by Crippen LogP contribution is -2.44. The molecule has 0 saturated carbocycles. The molecule has 1 amide bonds. The van der Waals surface area contributed by atoms with E-state index >= 15 is 0 Å². The zero-order valence-electron chi connectivity index (χ0n) is 20.0. The van der Waals surface area contributed by atoms with Crippen LogP contribution in [0.15, 0.2) is 47.0 Å². The summed E-state index contributed by atoms with van der Waals surface area (Å²) in [6, 6.07) is 6.76. The maximum Gasteiger partial charge on any atom is 0.419 e. The van der Waals surface area contributed by atoms with Gasteiger partial charge in [-0.1, -0.05) is 18.1 Å². The SMILES string of the molecule is CCC1CC(C(=O)Nc2cccc(C(F)(F)F)c2)CCN1Cc1noc(-c2ccc(F)c(C(F)(F)F)c2)n1. The fraction of sp³-hybridized carbons (Fsp3) is 0.400. The minimum Gasteiger partial charge on any atom is -0.334 e. The van der Waals surface area contributed by atoms with Crippen molar-refractivity contribution in [1.82, 2.24) is 15.0 Å². The average Bonchev–Trinajstić information content (AvgIpc) is 3.32. The van der Waals surface area contributed by atoms with Crippen molar-refractivity contribution in [3.8, 4) is 11.5 Å². The summed E-state index contributed by atoms with van der Waals surface area (Å²) in [7, 11) is 0. The van der Waals surface area contributed by atoms with Gasteiger partial charge in [0.05, 0.1) is 17.7 Å². The molecule has 2 heterocycles. The maximum absolute atomic E-state index is 13.6. The lowest BCUT2D eigenvalue weighted by atomic mass is 9.88. The Kier molecular flexibility index (Phi) is 7.77. The highest BCUT2D eigenvalue weighted by atomic mass is 19.4. The number of nitrogens with zero attached hydrogens (tertiary/aromatic N) is 3. The first-order valence-electron chi connectivity index (χ1n) is 11.8. The van der Waals surface area contributed by atoms with Crippen molar-refractivity contribution >= 4 is 11.6 Å². The van der Waals surface area contributed by atoms with Crippen molar-refractivity contribution in [3.63, 3.8) is 0 Å². The molecule has 0 radical (unpaired) electrons. The molecule has 1 N–H and O–H groups in total. The van der Waals surface area contributed by atoms with Crippen LogP contribution in [0.1, 0.15) is 43.1 Å². The minimum absolute atomic E-state index is 0.0640. The van der Waals surface area contributed by atoms with Crippen molar-refractivity contribution in [2.75, 3.05) is 11.9 Å². The van der Waals surface area contributed by atoms with Crippen molar-refractivity contribution in [3.05, 3.63) is 65.2 Å². The van der Waals surface area contributed by atoms with Crippen LogP contribution in [0.2, 0.25) is 0 Å². The Morgan fingerprint density at radius 2 is 1.87 bits per heavy atom. The predicted octanol–water partition coefficient (Wildman–Crippen LogP) is 6.54. The summed E-state index contributed by atoms with van der Waals surface area (Å²) in [6.45, 7) is 2.58. The molecule has 1 aliphatic rings. The lowest BCUT2D eigenvalue weighted by molar-refractivity contribution is -0.140. The molecule has 4 rings (SSSR count). The zero-order chi connectivity index (χ0) is 27.7. The van der Waals surface area contributed by atoms with Gasteiger partial charge < -0.3 is 9.84 Å². The third-order valence-corrected chi connectivity index (χ3v) is 6.47. The van der Waals surface area contributed by atoms with Gasteiger partial charge in [-0.15, -0.1) is 0 Å². The van der Waals surface area contributed by atoms with Crippen molar-refractivity contribution < 1.29 is 40.1 Å². The Morgan fingerprint density at radius 1 is 1.11 bits per heavy atom. The Bertz CT molecular complexity index is 1290.